The average molecular weight is 302 g/mol. The predicted molar refractivity (Wildman–Crippen MR) is 85.2 cm³/mol. The van der Waals surface area contributed by atoms with Crippen molar-refractivity contribution in [1.82, 2.24) is 10.2 Å². The minimum absolute atomic E-state index is 0.0677. The van der Waals surface area contributed by atoms with Gasteiger partial charge in [-0.2, -0.15) is 0 Å². The Morgan fingerprint density at radius 2 is 2.14 bits per heavy atom. The van der Waals surface area contributed by atoms with E-state index in [9.17, 15) is 4.79 Å². The normalized spacial score (nSPS) is 16.0. The Kier molecular flexibility index (Phi) is 4.75. The lowest BCUT2D eigenvalue weighted by molar-refractivity contribution is 0.0374. The van der Waals surface area contributed by atoms with Crippen LogP contribution in [0.1, 0.15) is 22.5 Å². The van der Waals surface area contributed by atoms with Crippen LogP contribution >= 0.6 is 0 Å². The number of carbonyl (C=O) groups excluding carboxylic acids is 1. The molecule has 0 unspecified atom stereocenters. The highest BCUT2D eigenvalue weighted by Crippen LogP contribution is 2.22. The number of ether oxygens (including phenoxy) is 1. The number of para-hydroxylation sites is 1. The number of carbonyl (C=O) groups is 1. The number of furan rings is 1. The van der Waals surface area contributed by atoms with E-state index in [1.807, 2.05) is 31.2 Å². The smallest absolute Gasteiger partial charge is 0.255 e. The van der Waals surface area contributed by atoms with Crippen LogP contribution in [0.25, 0.3) is 11.0 Å². The largest absolute Gasteiger partial charge is 0.461 e. The van der Waals surface area contributed by atoms with E-state index in [1.165, 1.54) is 0 Å². The molecule has 1 N–H and O–H groups in total. The van der Waals surface area contributed by atoms with Crippen molar-refractivity contribution < 1.29 is 13.9 Å². The third kappa shape index (κ3) is 3.48. The Morgan fingerprint density at radius 1 is 1.32 bits per heavy atom. The molecule has 1 aromatic heterocycles. The van der Waals surface area contributed by atoms with Gasteiger partial charge in [-0.05, 0) is 32.0 Å². The standard InChI is InChI=1S/C17H22N2O3/c1-13-12-14-4-2-5-15(16(14)22-13)17(20)18-6-3-7-19-8-10-21-11-9-19/h2,4-5,12H,3,6-11H2,1H3,(H,18,20). The lowest BCUT2D eigenvalue weighted by Crippen LogP contribution is -2.38. The first-order valence-electron chi connectivity index (χ1n) is 7.81. The molecular weight excluding hydrogens is 280 g/mol. The van der Waals surface area contributed by atoms with E-state index in [4.69, 9.17) is 9.15 Å². The highest BCUT2D eigenvalue weighted by Gasteiger charge is 2.13. The Labute approximate surface area is 130 Å². The zero-order valence-electron chi connectivity index (χ0n) is 12.9. The minimum atomic E-state index is -0.0677. The second-order valence-electron chi connectivity index (χ2n) is 5.64. The van der Waals surface area contributed by atoms with E-state index in [2.05, 4.69) is 10.2 Å². The molecule has 1 aliphatic heterocycles. The van der Waals surface area contributed by atoms with Crippen LogP contribution in [0.3, 0.4) is 0 Å². The number of nitrogens with one attached hydrogen (secondary N) is 1. The van der Waals surface area contributed by atoms with Crippen molar-refractivity contribution >= 4 is 16.9 Å². The fourth-order valence-corrected chi connectivity index (χ4v) is 2.80. The number of benzene rings is 1. The zero-order chi connectivity index (χ0) is 15.4. The van der Waals surface area contributed by atoms with Crippen LogP contribution < -0.4 is 5.32 Å². The molecule has 118 valence electrons. The molecule has 3 rings (SSSR count). The van der Waals surface area contributed by atoms with Crippen LogP contribution in [-0.2, 0) is 4.74 Å². The van der Waals surface area contributed by atoms with Gasteiger partial charge in [0.05, 0.1) is 18.8 Å². The number of aryl methyl sites for hydroxylation is 1. The first-order valence-corrected chi connectivity index (χ1v) is 7.81. The second kappa shape index (κ2) is 6.94. The van der Waals surface area contributed by atoms with Gasteiger partial charge < -0.3 is 14.5 Å². The van der Waals surface area contributed by atoms with Gasteiger partial charge in [0.2, 0.25) is 0 Å². The molecule has 1 saturated heterocycles. The summed E-state index contributed by atoms with van der Waals surface area (Å²) in [6.45, 7) is 7.15. The van der Waals surface area contributed by atoms with Gasteiger partial charge in [0.25, 0.3) is 5.91 Å². The number of rotatable bonds is 5. The van der Waals surface area contributed by atoms with E-state index in [0.717, 1.165) is 50.4 Å². The number of hydrogen-bond donors (Lipinski definition) is 1. The highest BCUT2D eigenvalue weighted by atomic mass is 16.5. The summed E-state index contributed by atoms with van der Waals surface area (Å²) in [5.41, 5.74) is 1.28. The molecule has 1 fully saturated rings. The maximum Gasteiger partial charge on any atom is 0.255 e. The maximum atomic E-state index is 12.3. The first kappa shape index (κ1) is 15.1. The number of hydrogen-bond acceptors (Lipinski definition) is 4. The molecule has 5 heteroatoms. The van der Waals surface area contributed by atoms with E-state index in [-0.39, 0.29) is 5.91 Å². The summed E-state index contributed by atoms with van der Waals surface area (Å²) in [5.74, 6) is 0.754. The van der Waals surface area contributed by atoms with Crippen molar-refractivity contribution in [2.75, 3.05) is 39.4 Å². The lowest BCUT2D eigenvalue weighted by Gasteiger charge is -2.26. The molecule has 0 bridgehead atoms. The first-order chi connectivity index (χ1) is 10.7. The van der Waals surface area contributed by atoms with Crippen LogP contribution in [-0.4, -0.2) is 50.2 Å². The summed E-state index contributed by atoms with van der Waals surface area (Å²) in [6.07, 6.45) is 0.943. The fourth-order valence-electron chi connectivity index (χ4n) is 2.80. The monoisotopic (exact) mass is 302 g/mol. The van der Waals surface area contributed by atoms with Crippen LogP contribution in [0, 0.1) is 6.92 Å². The Hall–Kier alpha value is -1.85. The van der Waals surface area contributed by atoms with Crippen molar-refractivity contribution in [1.29, 1.82) is 0 Å². The number of morpholine rings is 1. The van der Waals surface area contributed by atoms with Gasteiger partial charge >= 0.3 is 0 Å². The summed E-state index contributed by atoms with van der Waals surface area (Å²) >= 11 is 0. The summed E-state index contributed by atoms with van der Waals surface area (Å²) < 4.78 is 11.0. The molecule has 1 amide bonds. The van der Waals surface area contributed by atoms with Crippen LogP contribution in [0.4, 0.5) is 0 Å². The molecule has 5 nitrogen and oxygen atoms in total. The molecule has 0 aliphatic carbocycles. The van der Waals surface area contributed by atoms with Crippen molar-refractivity contribution in [2.45, 2.75) is 13.3 Å². The van der Waals surface area contributed by atoms with E-state index < -0.39 is 0 Å². The quantitative estimate of drug-likeness (QED) is 0.860. The molecule has 2 heterocycles. The number of amides is 1. The third-order valence-electron chi connectivity index (χ3n) is 3.95. The molecule has 0 spiro atoms. The van der Waals surface area contributed by atoms with Gasteiger partial charge in [-0.15, -0.1) is 0 Å². The molecule has 0 atom stereocenters. The molecule has 1 aromatic carbocycles. The van der Waals surface area contributed by atoms with Gasteiger partial charge in [0.1, 0.15) is 11.3 Å². The van der Waals surface area contributed by atoms with Crippen LogP contribution in [0.5, 0.6) is 0 Å². The maximum absolute atomic E-state index is 12.3. The molecule has 22 heavy (non-hydrogen) atoms. The van der Waals surface area contributed by atoms with Crippen LogP contribution in [0.15, 0.2) is 28.7 Å². The SMILES string of the molecule is Cc1cc2cccc(C(=O)NCCCN3CCOCC3)c2o1. The summed E-state index contributed by atoms with van der Waals surface area (Å²) in [7, 11) is 0. The zero-order valence-corrected chi connectivity index (χ0v) is 12.9. The molecular formula is C17H22N2O3. The molecule has 1 aliphatic rings. The van der Waals surface area contributed by atoms with Gasteiger partial charge in [-0.1, -0.05) is 12.1 Å². The topological polar surface area (TPSA) is 54.7 Å². The Balaban J connectivity index is 1.52. The molecule has 2 aromatic rings. The van der Waals surface area contributed by atoms with Crippen molar-refractivity contribution in [3.8, 4) is 0 Å². The third-order valence-corrected chi connectivity index (χ3v) is 3.95. The van der Waals surface area contributed by atoms with Crippen molar-refractivity contribution in [3.05, 3.63) is 35.6 Å². The van der Waals surface area contributed by atoms with Gasteiger partial charge in [0, 0.05) is 25.0 Å². The number of nitrogens with zero attached hydrogens (tertiary/aromatic N) is 1. The number of fused-ring (bicyclic) bond motifs is 1. The molecule has 0 radical (unpaired) electrons. The van der Waals surface area contributed by atoms with E-state index in [0.29, 0.717) is 17.7 Å². The lowest BCUT2D eigenvalue weighted by atomic mass is 10.1. The van der Waals surface area contributed by atoms with E-state index >= 15 is 0 Å². The van der Waals surface area contributed by atoms with Crippen LogP contribution in [0.2, 0.25) is 0 Å². The fraction of sp³-hybridized carbons (Fsp3) is 0.471. The minimum Gasteiger partial charge on any atom is -0.461 e. The highest BCUT2D eigenvalue weighted by molar-refractivity contribution is 6.04. The van der Waals surface area contributed by atoms with Gasteiger partial charge in [-0.25, -0.2) is 0 Å². The second-order valence-corrected chi connectivity index (χ2v) is 5.64. The predicted octanol–water partition coefficient (Wildman–Crippen LogP) is 2.19. The molecule has 0 saturated carbocycles. The summed E-state index contributed by atoms with van der Waals surface area (Å²) in [6, 6.07) is 7.61. The Morgan fingerprint density at radius 3 is 2.95 bits per heavy atom. The summed E-state index contributed by atoms with van der Waals surface area (Å²) in [5, 5.41) is 3.95. The van der Waals surface area contributed by atoms with E-state index in [1.54, 1.807) is 0 Å². The Bertz CT molecular complexity index is 644. The summed E-state index contributed by atoms with van der Waals surface area (Å²) in [4.78, 5) is 14.7. The van der Waals surface area contributed by atoms with Gasteiger partial charge in [0.15, 0.2) is 0 Å². The average Bonchev–Trinajstić information content (AvgIpc) is 2.92. The van der Waals surface area contributed by atoms with Gasteiger partial charge in [-0.3, -0.25) is 9.69 Å². The van der Waals surface area contributed by atoms with Crippen molar-refractivity contribution in [2.24, 2.45) is 0 Å². The van der Waals surface area contributed by atoms with Crippen molar-refractivity contribution in [3.63, 3.8) is 0 Å².